The number of nitrogens with zero attached hydrogens (tertiary/aromatic N) is 4. The monoisotopic (exact) mass is 439 g/mol. The van der Waals surface area contributed by atoms with Gasteiger partial charge in [-0.05, 0) is 36.9 Å². The van der Waals surface area contributed by atoms with E-state index in [0.29, 0.717) is 6.54 Å². The Hall–Kier alpha value is -3.46. The van der Waals surface area contributed by atoms with E-state index in [4.69, 9.17) is 4.74 Å². The van der Waals surface area contributed by atoms with Crippen molar-refractivity contribution in [1.82, 2.24) is 24.3 Å². The quantitative estimate of drug-likeness (QED) is 0.571. The summed E-state index contributed by atoms with van der Waals surface area (Å²) in [7, 11) is 4.57. The lowest BCUT2D eigenvalue weighted by Crippen LogP contribution is -2.39. The Morgan fingerprint density at radius 3 is 2.53 bits per heavy atom. The van der Waals surface area contributed by atoms with Gasteiger partial charge < -0.3 is 10.1 Å². The summed E-state index contributed by atoms with van der Waals surface area (Å²) in [5, 5.41) is 3.19. The minimum Gasteiger partial charge on any atom is -0.497 e. The van der Waals surface area contributed by atoms with Gasteiger partial charge in [0.2, 0.25) is 0 Å². The number of likely N-dealkylation sites (N-methyl/N-ethyl adjacent to an activating group) is 1. The third-order valence-electron chi connectivity index (χ3n) is 5.74. The highest BCUT2D eigenvalue weighted by Crippen LogP contribution is 2.24. The number of hydrogen-bond donors (Lipinski definition) is 1. The average Bonchev–Trinajstić information content (AvgIpc) is 2.83. The number of ether oxygens (including phenoxy) is 1. The standard InChI is InChI=1S/C23H29N5O4/c1-6-28(7-2)19(15-9-8-10-17(11-15)32-5)14-25-21(29)16-12-18-20(24-13-16)26(3)23(31)27(4)22(18)30/h8-13,19H,6-7,14H2,1-5H3,(H,25,29). The fraction of sp³-hybridized carbons (Fsp3) is 0.391. The molecule has 2 heterocycles. The maximum absolute atomic E-state index is 12.9. The van der Waals surface area contributed by atoms with Crippen LogP contribution in [0.25, 0.3) is 11.0 Å². The van der Waals surface area contributed by atoms with Gasteiger partial charge in [-0.25, -0.2) is 9.78 Å². The summed E-state index contributed by atoms with van der Waals surface area (Å²) in [5.74, 6) is 0.418. The Morgan fingerprint density at radius 2 is 1.88 bits per heavy atom. The molecule has 0 spiro atoms. The van der Waals surface area contributed by atoms with Crippen molar-refractivity contribution >= 4 is 16.9 Å². The highest BCUT2D eigenvalue weighted by atomic mass is 16.5. The predicted octanol–water partition coefficient (Wildman–Crippen LogP) is 1.45. The molecule has 32 heavy (non-hydrogen) atoms. The first-order valence-electron chi connectivity index (χ1n) is 10.5. The topological polar surface area (TPSA) is 98.5 Å². The highest BCUT2D eigenvalue weighted by molar-refractivity contribution is 5.96. The second kappa shape index (κ2) is 9.78. The van der Waals surface area contributed by atoms with E-state index < -0.39 is 11.2 Å². The van der Waals surface area contributed by atoms with Gasteiger partial charge in [-0.1, -0.05) is 26.0 Å². The van der Waals surface area contributed by atoms with Crippen molar-refractivity contribution in [1.29, 1.82) is 0 Å². The van der Waals surface area contributed by atoms with Gasteiger partial charge in [0.25, 0.3) is 11.5 Å². The molecule has 0 radical (unpaired) electrons. The van der Waals surface area contributed by atoms with Crippen LogP contribution in [0.2, 0.25) is 0 Å². The first kappa shape index (κ1) is 23.2. The molecule has 9 heteroatoms. The molecule has 0 bridgehead atoms. The van der Waals surface area contributed by atoms with Crippen LogP contribution in [0.3, 0.4) is 0 Å². The minimum absolute atomic E-state index is 0.0499. The smallest absolute Gasteiger partial charge is 0.332 e. The number of carbonyl (C=O) groups is 1. The molecule has 1 atom stereocenters. The van der Waals surface area contributed by atoms with Crippen molar-refractivity contribution in [2.75, 3.05) is 26.7 Å². The van der Waals surface area contributed by atoms with Crippen molar-refractivity contribution in [2.24, 2.45) is 14.1 Å². The third-order valence-corrected chi connectivity index (χ3v) is 5.74. The fourth-order valence-electron chi connectivity index (χ4n) is 3.85. The Kier molecular flexibility index (Phi) is 7.09. The molecule has 2 aromatic heterocycles. The van der Waals surface area contributed by atoms with E-state index in [1.807, 2.05) is 24.3 Å². The maximum atomic E-state index is 12.9. The lowest BCUT2D eigenvalue weighted by molar-refractivity contribution is 0.0934. The number of benzene rings is 1. The molecule has 3 aromatic rings. The van der Waals surface area contributed by atoms with Crippen LogP contribution in [0, 0.1) is 0 Å². The van der Waals surface area contributed by atoms with E-state index in [0.717, 1.165) is 29.0 Å². The van der Waals surface area contributed by atoms with Crippen molar-refractivity contribution in [3.63, 3.8) is 0 Å². The van der Waals surface area contributed by atoms with Crippen LogP contribution >= 0.6 is 0 Å². The number of pyridine rings is 1. The van der Waals surface area contributed by atoms with E-state index in [1.165, 1.54) is 23.9 Å². The number of nitrogens with one attached hydrogen (secondary N) is 1. The zero-order valence-electron chi connectivity index (χ0n) is 19.1. The Labute approximate surface area is 186 Å². The van der Waals surface area contributed by atoms with E-state index in [2.05, 4.69) is 29.0 Å². The highest BCUT2D eigenvalue weighted by Gasteiger charge is 2.20. The van der Waals surface area contributed by atoms with Crippen LogP contribution in [0.5, 0.6) is 5.75 Å². The van der Waals surface area contributed by atoms with Gasteiger partial charge in [-0.2, -0.15) is 0 Å². The number of hydrogen-bond acceptors (Lipinski definition) is 6. The van der Waals surface area contributed by atoms with Gasteiger partial charge in [0.15, 0.2) is 0 Å². The van der Waals surface area contributed by atoms with Crippen LogP contribution < -0.4 is 21.3 Å². The van der Waals surface area contributed by atoms with Crippen LogP contribution in [0.1, 0.15) is 35.8 Å². The van der Waals surface area contributed by atoms with Crippen LogP contribution in [0.4, 0.5) is 0 Å². The number of fused-ring (bicyclic) bond motifs is 1. The lowest BCUT2D eigenvalue weighted by Gasteiger charge is -2.30. The number of carbonyl (C=O) groups excluding carboxylic acids is 1. The molecule has 0 saturated carbocycles. The molecule has 1 unspecified atom stereocenters. The van der Waals surface area contributed by atoms with Crippen LogP contribution in [0.15, 0.2) is 46.1 Å². The zero-order valence-corrected chi connectivity index (χ0v) is 19.1. The summed E-state index contributed by atoms with van der Waals surface area (Å²) in [6, 6.07) is 9.23. The summed E-state index contributed by atoms with van der Waals surface area (Å²) < 4.78 is 7.65. The number of amides is 1. The van der Waals surface area contributed by atoms with Gasteiger partial charge in [0, 0.05) is 26.8 Å². The normalized spacial score (nSPS) is 12.2. The molecule has 9 nitrogen and oxygen atoms in total. The third kappa shape index (κ3) is 4.43. The Balaban J connectivity index is 1.89. The van der Waals surface area contributed by atoms with Crippen LogP contribution in [-0.4, -0.2) is 51.7 Å². The molecule has 0 fully saturated rings. The van der Waals surface area contributed by atoms with E-state index in [-0.39, 0.29) is 28.5 Å². The molecule has 3 rings (SSSR count). The largest absolute Gasteiger partial charge is 0.497 e. The van der Waals surface area contributed by atoms with Gasteiger partial charge >= 0.3 is 5.69 Å². The number of methoxy groups -OCH3 is 1. The molecule has 0 aliphatic heterocycles. The summed E-state index contributed by atoms with van der Waals surface area (Å²) in [5.41, 5.74) is 0.591. The first-order valence-corrected chi connectivity index (χ1v) is 10.5. The second-order valence-electron chi connectivity index (χ2n) is 7.52. The summed E-state index contributed by atoms with van der Waals surface area (Å²) in [6.07, 6.45) is 1.38. The predicted molar refractivity (Wildman–Crippen MR) is 123 cm³/mol. The summed E-state index contributed by atoms with van der Waals surface area (Å²) in [6.45, 7) is 6.15. The van der Waals surface area contributed by atoms with Gasteiger partial charge in [-0.3, -0.25) is 23.6 Å². The van der Waals surface area contributed by atoms with Gasteiger partial charge in [0.05, 0.1) is 24.1 Å². The number of aryl methyl sites for hydroxylation is 1. The van der Waals surface area contributed by atoms with Crippen molar-refractivity contribution in [2.45, 2.75) is 19.9 Å². The molecular formula is C23H29N5O4. The summed E-state index contributed by atoms with van der Waals surface area (Å²) in [4.78, 5) is 44.0. The van der Waals surface area contributed by atoms with Crippen molar-refractivity contribution < 1.29 is 9.53 Å². The van der Waals surface area contributed by atoms with Crippen molar-refractivity contribution in [3.8, 4) is 5.75 Å². The SMILES string of the molecule is CCN(CC)C(CNC(=O)c1cnc2c(c1)c(=O)n(C)c(=O)n2C)c1cccc(OC)c1. The van der Waals surface area contributed by atoms with Crippen molar-refractivity contribution in [3.05, 3.63) is 68.5 Å². The maximum Gasteiger partial charge on any atom is 0.332 e. The average molecular weight is 440 g/mol. The first-order chi connectivity index (χ1) is 15.3. The molecule has 0 aliphatic rings. The second-order valence-corrected chi connectivity index (χ2v) is 7.52. The lowest BCUT2D eigenvalue weighted by atomic mass is 10.0. The van der Waals surface area contributed by atoms with Gasteiger partial charge in [0.1, 0.15) is 11.4 Å². The molecule has 0 aliphatic carbocycles. The molecule has 1 N–H and O–H groups in total. The Bertz CT molecular complexity index is 1240. The van der Waals surface area contributed by atoms with E-state index >= 15 is 0 Å². The van der Waals surface area contributed by atoms with Gasteiger partial charge in [-0.15, -0.1) is 0 Å². The number of aromatic nitrogens is 3. The van der Waals surface area contributed by atoms with E-state index in [1.54, 1.807) is 14.2 Å². The number of rotatable bonds is 8. The molecular weight excluding hydrogens is 410 g/mol. The van der Waals surface area contributed by atoms with E-state index in [9.17, 15) is 14.4 Å². The molecule has 1 amide bonds. The van der Waals surface area contributed by atoms with Crippen LogP contribution in [-0.2, 0) is 14.1 Å². The molecule has 0 saturated heterocycles. The fourth-order valence-corrected chi connectivity index (χ4v) is 3.85. The minimum atomic E-state index is -0.484. The Morgan fingerprint density at radius 1 is 1.16 bits per heavy atom. The molecule has 170 valence electrons. The zero-order chi connectivity index (χ0) is 23.4. The molecule has 1 aromatic carbocycles. The summed E-state index contributed by atoms with van der Waals surface area (Å²) >= 11 is 0.